The molecule has 0 saturated carbocycles. The lowest BCUT2D eigenvalue weighted by molar-refractivity contribution is 0.103. The molecule has 0 unspecified atom stereocenters. The first-order chi connectivity index (χ1) is 16.7. The number of pyridine rings is 2. The Bertz CT molecular complexity index is 1380. The summed E-state index contributed by atoms with van der Waals surface area (Å²) >= 11 is 1.46. The van der Waals surface area contributed by atoms with Crippen LogP contribution >= 0.6 is 11.3 Å². The van der Waals surface area contributed by atoms with Gasteiger partial charge in [0, 0.05) is 22.8 Å². The highest BCUT2D eigenvalue weighted by molar-refractivity contribution is 7.20. The normalized spacial score (nSPS) is 10.8. The fourth-order valence-electron chi connectivity index (χ4n) is 3.75. The predicted molar refractivity (Wildman–Crippen MR) is 139 cm³/mol. The number of fused-ring (bicyclic) bond motifs is 1. The van der Waals surface area contributed by atoms with Crippen molar-refractivity contribution in [1.82, 2.24) is 9.97 Å². The number of thiophene rings is 1. The Morgan fingerprint density at radius 2 is 1.53 bits per heavy atom. The molecule has 168 valence electrons. The Hall–Kier alpha value is -4.23. The summed E-state index contributed by atoms with van der Waals surface area (Å²) in [7, 11) is 0. The smallest absolute Gasteiger partial charge is 0.265 e. The number of anilines is 3. The van der Waals surface area contributed by atoms with Gasteiger partial charge < -0.3 is 16.0 Å². The summed E-state index contributed by atoms with van der Waals surface area (Å²) in [6.45, 7) is 1.29. The van der Waals surface area contributed by atoms with Crippen molar-refractivity contribution >= 4 is 44.4 Å². The van der Waals surface area contributed by atoms with Crippen molar-refractivity contribution in [1.29, 1.82) is 0 Å². The van der Waals surface area contributed by atoms with Crippen molar-refractivity contribution in [2.75, 3.05) is 16.0 Å². The molecule has 7 heteroatoms. The van der Waals surface area contributed by atoms with Crippen LogP contribution in [0.15, 0.2) is 97.3 Å². The van der Waals surface area contributed by atoms with E-state index in [1.54, 1.807) is 24.5 Å². The van der Waals surface area contributed by atoms with Crippen LogP contribution in [0.25, 0.3) is 10.1 Å². The number of nitrogens with zero attached hydrogens (tertiary/aromatic N) is 3. The second-order valence-electron chi connectivity index (χ2n) is 7.87. The molecule has 1 amide bonds. The van der Waals surface area contributed by atoms with E-state index in [0.29, 0.717) is 29.3 Å². The van der Waals surface area contributed by atoms with Crippen molar-refractivity contribution in [2.24, 2.45) is 0 Å². The molecular weight excluding hydrogens is 442 g/mol. The summed E-state index contributed by atoms with van der Waals surface area (Å²) in [6, 6.07) is 27.3. The number of benzene rings is 2. The maximum Gasteiger partial charge on any atom is 0.265 e. The van der Waals surface area contributed by atoms with Crippen molar-refractivity contribution < 1.29 is 4.79 Å². The topological polar surface area (TPSA) is 84.1 Å². The largest absolute Gasteiger partial charge is 0.397 e. The summed E-state index contributed by atoms with van der Waals surface area (Å²) in [5.74, 6) is -0.167. The zero-order valence-electron chi connectivity index (χ0n) is 18.4. The molecule has 0 bridgehead atoms. The molecule has 0 spiro atoms. The fourth-order valence-corrected chi connectivity index (χ4v) is 4.69. The van der Waals surface area contributed by atoms with Gasteiger partial charge in [0.2, 0.25) is 0 Å². The Kier molecular flexibility index (Phi) is 6.18. The number of nitrogens with two attached hydrogens (primary N) is 1. The van der Waals surface area contributed by atoms with E-state index in [-0.39, 0.29) is 5.91 Å². The molecule has 0 aliphatic carbocycles. The van der Waals surface area contributed by atoms with E-state index < -0.39 is 0 Å². The molecule has 0 saturated heterocycles. The number of nitrogen functional groups attached to an aromatic ring is 1. The van der Waals surface area contributed by atoms with Crippen LogP contribution < -0.4 is 16.0 Å². The number of hydrogen-bond donors (Lipinski definition) is 2. The molecule has 5 rings (SSSR count). The van der Waals surface area contributed by atoms with Crippen LogP contribution in [0.2, 0.25) is 0 Å². The van der Waals surface area contributed by atoms with Crippen LogP contribution in [0.3, 0.4) is 0 Å². The molecule has 0 aliphatic heterocycles. The molecule has 0 fully saturated rings. The van der Waals surface area contributed by atoms with Gasteiger partial charge in [0.1, 0.15) is 0 Å². The second kappa shape index (κ2) is 9.72. The van der Waals surface area contributed by atoms with Gasteiger partial charge in [-0.3, -0.25) is 14.8 Å². The lowest BCUT2D eigenvalue weighted by Crippen LogP contribution is -2.23. The molecule has 6 nitrogen and oxygen atoms in total. The highest BCUT2D eigenvalue weighted by Gasteiger charge is 2.15. The number of aromatic nitrogens is 2. The van der Waals surface area contributed by atoms with Gasteiger partial charge in [-0.15, -0.1) is 11.3 Å². The number of hydrogen-bond acceptors (Lipinski definition) is 6. The number of para-hydroxylation sites is 2. The third-order valence-corrected chi connectivity index (χ3v) is 6.57. The first-order valence-corrected chi connectivity index (χ1v) is 11.7. The zero-order chi connectivity index (χ0) is 23.3. The second-order valence-corrected chi connectivity index (χ2v) is 8.96. The third-order valence-electron chi connectivity index (χ3n) is 5.46. The Morgan fingerprint density at radius 1 is 0.853 bits per heavy atom. The van der Waals surface area contributed by atoms with Crippen LogP contribution in [0.1, 0.15) is 21.1 Å². The first kappa shape index (κ1) is 21.6. The van der Waals surface area contributed by atoms with Gasteiger partial charge in [0.05, 0.1) is 40.7 Å². The molecule has 5 aromatic rings. The average Bonchev–Trinajstić information content (AvgIpc) is 3.30. The molecular formula is C27H23N5OS. The van der Waals surface area contributed by atoms with Gasteiger partial charge in [0.15, 0.2) is 0 Å². The van der Waals surface area contributed by atoms with Crippen molar-refractivity contribution in [3.63, 3.8) is 0 Å². The van der Waals surface area contributed by atoms with Crippen LogP contribution in [-0.2, 0) is 13.1 Å². The molecule has 34 heavy (non-hydrogen) atoms. The lowest BCUT2D eigenvalue weighted by atomic mass is 10.2. The Labute approximate surface area is 201 Å². The molecule has 3 N–H and O–H groups in total. The highest BCUT2D eigenvalue weighted by atomic mass is 32.1. The molecule has 0 radical (unpaired) electrons. The molecule has 0 aliphatic rings. The van der Waals surface area contributed by atoms with Gasteiger partial charge in [0.25, 0.3) is 5.91 Å². The number of rotatable bonds is 7. The summed E-state index contributed by atoms with van der Waals surface area (Å²) in [6.07, 6.45) is 3.61. The van der Waals surface area contributed by atoms with E-state index in [1.165, 1.54) is 11.3 Å². The van der Waals surface area contributed by atoms with E-state index in [4.69, 9.17) is 5.73 Å². The van der Waals surface area contributed by atoms with Crippen LogP contribution in [0, 0.1) is 0 Å². The average molecular weight is 466 g/mol. The molecule has 2 aromatic carbocycles. The van der Waals surface area contributed by atoms with E-state index in [2.05, 4.69) is 38.4 Å². The SMILES string of the molecule is Nc1ccccc1NC(=O)c1cc2cc(N(Cc3ccccn3)Cc3ccccn3)ccc2s1. The summed E-state index contributed by atoms with van der Waals surface area (Å²) in [5, 5.41) is 3.92. The number of carbonyl (C=O) groups excluding carboxylic acids is 1. The van der Waals surface area contributed by atoms with Crippen LogP contribution in [0.4, 0.5) is 17.1 Å². The number of carbonyl (C=O) groups is 1. The monoisotopic (exact) mass is 465 g/mol. The molecule has 3 heterocycles. The predicted octanol–water partition coefficient (Wildman–Crippen LogP) is 5.73. The standard InChI is InChI=1S/C27H23N5OS/c28-23-9-1-2-10-24(23)31-27(33)26-16-19-15-22(11-12-25(19)34-26)32(17-20-7-3-5-13-29-20)18-21-8-4-6-14-30-21/h1-16H,17-18,28H2,(H,31,33). The molecule has 0 atom stereocenters. The number of amides is 1. The zero-order valence-corrected chi connectivity index (χ0v) is 19.2. The van der Waals surface area contributed by atoms with Gasteiger partial charge in [-0.2, -0.15) is 0 Å². The van der Waals surface area contributed by atoms with Gasteiger partial charge in [-0.25, -0.2) is 0 Å². The lowest BCUT2D eigenvalue weighted by Gasteiger charge is -2.24. The minimum Gasteiger partial charge on any atom is -0.397 e. The minimum absolute atomic E-state index is 0.167. The van der Waals surface area contributed by atoms with E-state index in [9.17, 15) is 4.79 Å². The van der Waals surface area contributed by atoms with Crippen molar-refractivity contribution in [3.8, 4) is 0 Å². The maximum atomic E-state index is 12.9. The van der Waals surface area contributed by atoms with Gasteiger partial charge >= 0.3 is 0 Å². The van der Waals surface area contributed by atoms with Gasteiger partial charge in [-0.05, 0) is 66.0 Å². The third kappa shape index (κ3) is 4.89. The van der Waals surface area contributed by atoms with E-state index in [0.717, 1.165) is 27.2 Å². The quantitative estimate of drug-likeness (QED) is 0.300. The molecule has 3 aromatic heterocycles. The summed E-state index contributed by atoms with van der Waals surface area (Å²) in [5.41, 5.74) is 10.1. The van der Waals surface area contributed by atoms with E-state index >= 15 is 0 Å². The fraction of sp³-hybridized carbons (Fsp3) is 0.0741. The first-order valence-electron chi connectivity index (χ1n) is 10.9. The van der Waals surface area contributed by atoms with Crippen LogP contribution in [-0.4, -0.2) is 15.9 Å². The van der Waals surface area contributed by atoms with Crippen LogP contribution in [0.5, 0.6) is 0 Å². The van der Waals surface area contributed by atoms with E-state index in [1.807, 2.05) is 54.6 Å². The van der Waals surface area contributed by atoms with Gasteiger partial charge in [-0.1, -0.05) is 24.3 Å². The van der Waals surface area contributed by atoms with Crippen molar-refractivity contribution in [2.45, 2.75) is 13.1 Å². The van der Waals surface area contributed by atoms with Crippen molar-refractivity contribution in [3.05, 3.63) is 114 Å². The Balaban J connectivity index is 1.43. The maximum absolute atomic E-state index is 12.9. The number of nitrogens with one attached hydrogen (secondary N) is 1. The summed E-state index contributed by atoms with van der Waals surface area (Å²) < 4.78 is 1.05. The minimum atomic E-state index is -0.167. The highest BCUT2D eigenvalue weighted by Crippen LogP contribution is 2.31. The Morgan fingerprint density at radius 3 is 2.18 bits per heavy atom. The summed E-state index contributed by atoms with van der Waals surface area (Å²) in [4.78, 5) is 24.7.